The number of halogens is 4. The van der Waals surface area contributed by atoms with Gasteiger partial charge in [0.15, 0.2) is 0 Å². The molecule has 0 aliphatic rings. The first kappa shape index (κ1) is 14.8. The number of hydrogen-bond acceptors (Lipinski definition) is 2. The molecule has 0 aliphatic carbocycles. The SMILES string of the molecule is CC(OCc1ccc(Cl)cc1)(C(=O)O)C(F)(F)F. The van der Waals surface area contributed by atoms with E-state index in [1.807, 2.05) is 0 Å². The Hall–Kier alpha value is -1.27. The minimum absolute atomic E-state index is 0.399. The molecule has 1 N–H and O–H groups in total. The lowest BCUT2D eigenvalue weighted by Crippen LogP contribution is -2.51. The number of carboxylic acid groups (broad SMARTS) is 1. The number of benzene rings is 1. The monoisotopic (exact) mass is 282 g/mol. The topological polar surface area (TPSA) is 46.5 Å². The molecule has 1 rings (SSSR count). The van der Waals surface area contributed by atoms with Crippen LogP contribution in [0.5, 0.6) is 0 Å². The molecule has 1 unspecified atom stereocenters. The first-order valence-electron chi connectivity index (χ1n) is 4.85. The van der Waals surface area contributed by atoms with Gasteiger partial charge in [0.05, 0.1) is 6.61 Å². The summed E-state index contributed by atoms with van der Waals surface area (Å²) in [5.41, 5.74) is -2.83. The predicted molar refractivity (Wildman–Crippen MR) is 58.3 cm³/mol. The number of carboxylic acids is 1. The van der Waals surface area contributed by atoms with Crippen molar-refractivity contribution >= 4 is 17.6 Å². The highest BCUT2D eigenvalue weighted by atomic mass is 35.5. The Bertz CT molecular complexity index is 430. The second-order valence-electron chi connectivity index (χ2n) is 3.75. The maximum absolute atomic E-state index is 12.6. The van der Waals surface area contributed by atoms with Crippen molar-refractivity contribution in [1.29, 1.82) is 0 Å². The predicted octanol–water partition coefficient (Wildman–Crippen LogP) is 3.26. The summed E-state index contributed by atoms with van der Waals surface area (Å²) < 4.78 is 42.3. The molecule has 0 heterocycles. The van der Waals surface area contributed by atoms with Crippen molar-refractivity contribution in [2.45, 2.75) is 25.3 Å². The molecular formula is C11H10ClF3O3. The molecule has 100 valence electrons. The molecule has 3 nitrogen and oxygen atoms in total. The average Bonchev–Trinajstić information content (AvgIpc) is 2.26. The summed E-state index contributed by atoms with van der Waals surface area (Å²) in [4.78, 5) is 10.7. The Morgan fingerprint density at radius 2 is 1.83 bits per heavy atom. The Labute approximate surface area is 106 Å². The quantitative estimate of drug-likeness (QED) is 0.922. The fourth-order valence-corrected chi connectivity index (χ4v) is 1.20. The summed E-state index contributed by atoms with van der Waals surface area (Å²) in [6.07, 6.45) is -4.99. The summed E-state index contributed by atoms with van der Waals surface area (Å²) >= 11 is 5.61. The summed E-state index contributed by atoms with van der Waals surface area (Å²) in [7, 11) is 0. The normalized spacial score (nSPS) is 15.2. The highest BCUT2D eigenvalue weighted by Gasteiger charge is 2.58. The molecule has 0 saturated carbocycles. The maximum Gasteiger partial charge on any atom is 0.428 e. The smallest absolute Gasteiger partial charge is 0.428 e. The third-order valence-electron chi connectivity index (χ3n) is 2.39. The fourth-order valence-electron chi connectivity index (χ4n) is 1.07. The largest absolute Gasteiger partial charge is 0.479 e. The van der Waals surface area contributed by atoms with E-state index in [0.717, 1.165) is 0 Å². The lowest BCUT2D eigenvalue weighted by atomic mass is 10.1. The summed E-state index contributed by atoms with van der Waals surface area (Å²) in [6, 6.07) is 5.87. The average molecular weight is 283 g/mol. The Balaban J connectivity index is 2.81. The molecule has 1 atom stereocenters. The van der Waals surface area contributed by atoms with Crippen LogP contribution in [0.2, 0.25) is 5.02 Å². The summed E-state index contributed by atoms with van der Waals surface area (Å²) in [5.74, 6) is -2.08. The van der Waals surface area contributed by atoms with Crippen LogP contribution in [-0.4, -0.2) is 22.9 Å². The highest BCUT2D eigenvalue weighted by molar-refractivity contribution is 6.30. The van der Waals surface area contributed by atoms with E-state index in [-0.39, 0.29) is 0 Å². The van der Waals surface area contributed by atoms with Crippen LogP contribution in [0.1, 0.15) is 12.5 Å². The van der Waals surface area contributed by atoms with E-state index in [1.165, 1.54) is 24.3 Å². The van der Waals surface area contributed by atoms with Crippen LogP contribution in [0.4, 0.5) is 13.2 Å². The van der Waals surface area contributed by atoms with Crippen molar-refractivity contribution in [1.82, 2.24) is 0 Å². The van der Waals surface area contributed by atoms with Crippen LogP contribution in [0.25, 0.3) is 0 Å². The zero-order valence-corrected chi connectivity index (χ0v) is 10.0. The minimum Gasteiger partial charge on any atom is -0.479 e. The van der Waals surface area contributed by atoms with Crippen LogP contribution in [0, 0.1) is 0 Å². The number of carbonyl (C=O) groups is 1. The molecule has 0 bridgehead atoms. The van der Waals surface area contributed by atoms with Crippen LogP contribution in [0.15, 0.2) is 24.3 Å². The zero-order chi connectivity index (χ0) is 14.0. The molecule has 0 aromatic heterocycles. The van der Waals surface area contributed by atoms with Gasteiger partial charge in [-0.25, -0.2) is 4.79 Å². The van der Waals surface area contributed by atoms with Gasteiger partial charge in [0.1, 0.15) is 0 Å². The third-order valence-corrected chi connectivity index (χ3v) is 2.64. The lowest BCUT2D eigenvalue weighted by molar-refractivity contribution is -0.272. The van der Waals surface area contributed by atoms with Gasteiger partial charge in [-0.15, -0.1) is 0 Å². The minimum atomic E-state index is -4.99. The van der Waals surface area contributed by atoms with E-state index in [4.69, 9.17) is 16.7 Å². The van der Waals surface area contributed by atoms with Gasteiger partial charge in [0.2, 0.25) is 0 Å². The van der Waals surface area contributed by atoms with E-state index in [0.29, 0.717) is 17.5 Å². The zero-order valence-electron chi connectivity index (χ0n) is 9.29. The number of rotatable bonds is 4. The van der Waals surface area contributed by atoms with Crippen LogP contribution in [0.3, 0.4) is 0 Å². The van der Waals surface area contributed by atoms with Gasteiger partial charge in [0.25, 0.3) is 5.60 Å². The van der Waals surface area contributed by atoms with E-state index in [1.54, 1.807) is 0 Å². The molecule has 0 saturated heterocycles. The fraction of sp³-hybridized carbons (Fsp3) is 0.364. The lowest BCUT2D eigenvalue weighted by Gasteiger charge is -2.27. The number of alkyl halides is 3. The molecule has 18 heavy (non-hydrogen) atoms. The van der Waals surface area contributed by atoms with E-state index >= 15 is 0 Å². The van der Waals surface area contributed by atoms with Crippen LogP contribution in [-0.2, 0) is 16.1 Å². The Morgan fingerprint density at radius 1 is 1.33 bits per heavy atom. The molecule has 0 radical (unpaired) electrons. The van der Waals surface area contributed by atoms with Crippen molar-refractivity contribution in [3.63, 3.8) is 0 Å². The first-order valence-corrected chi connectivity index (χ1v) is 5.23. The summed E-state index contributed by atoms with van der Waals surface area (Å²) in [6.45, 7) is 0.00469. The summed E-state index contributed by atoms with van der Waals surface area (Å²) in [5, 5.41) is 9.05. The van der Waals surface area contributed by atoms with Crippen LogP contribution >= 0.6 is 11.6 Å². The molecule has 0 fully saturated rings. The van der Waals surface area contributed by atoms with Gasteiger partial charge in [-0.05, 0) is 24.6 Å². The van der Waals surface area contributed by atoms with E-state index < -0.39 is 24.4 Å². The van der Waals surface area contributed by atoms with Crippen LogP contribution < -0.4 is 0 Å². The number of ether oxygens (including phenoxy) is 1. The third kappa shape index (κ3) is 3.14. The number of hydrogen-bond donors (Lipinski definition) is 1. The molecule has 0 spiro atoms. The van der Waals surface area contributed by atoms with Gasteiger partial charge in [-0.1, -0.05) is 23.7 Å². The van der Waals surface area contributed by atoms with Gasteiger partial charge in [-0.2, -0.15) is 13.2 Å². The molecular weight excluding hydrogens is 273 g/mol. The van der Waals surface area contributed by atoms with E-state index in [9.17, 15) is 18.0 Å². The Kier molecular flexibility index (Phi) is 4.24. The maximum atomic E-state index is 12.6. The van der Waals surface area contributed by atoms with Gasteiger partial charge in [0, 0.05) is 5.02 Å². The van der Waals surface area contributed by atoms with Crippen molar-refractivity contribution in [3.05, 3.63) is 34.9 Å². The second-order valence-corrected chi connectivity index (χ2v) is 4.19. The van der Waals surface area contributed by atoms with Crippen molar-refractivity contribution in [2.24, 2.45) is 0 Å². The second kappa shape index (κ2) is 5.16. The van der Waals surface area contributed by atoms with Crippen molar-refractivity contribution in [2.75, 3.05) is 0 Å². The standard InChI is InChI=1S/C11H10ClF3O3/c1-10(9(16)17,11(13,14)15)18-6-7-2-4-8(12)5-3-7/h2-5H,6H2,1H3,(H,16,17). The first-order chi connectivity index (χ1) is 8.17. The molecule has 1 aromatic rings. The van der Waals surface area contributed by atoms with Gasteiger partial charge < -0.3 is 9.84 Å². The van der Waals surface area contributed by atoms with E-state index in [2.05, 4.69) is 4.74 Å². The van der Waals surface area contributed by atoms with Gasteiger partial charge >= 0.3 is 12.1 Å². The van der Waals surface area contributed by atoms with Crippen molar-refractivity contribution < 1.29 is 27.8 Å². The van der Waals surface area contributed by atoms with Crippen molar-refractivity contribution in [3.8, 4) is 0 Å². The molecule has 7 heteroatoms. The van der Waals surface area contributed by atoms with Gasteiger partial charge in [-0.3, -0.25) is 0 Å². The molecule has 1 aromatic carbocycles. The Morgan fingerprint density at radius 3 is 2.22 bits per heavy atom. The number of aliphatic carboxylic acids is 1. The highest BCUT2D eigenvalue weighted by Crippen LogP contribution is 2.34. The molecule has 0 aliphatic heterocycles. The molecule has 0 amide bonds.